The monoisotopic (exact) mass is 373 g/mol. The summed E-state index contributed by atoms with van der Waals surface area (Å²) in [6, 6.07) is 10.4. The van der Waals surface area contributed by atoms with E-state index in [4.69, 9.17) is 0 Å². The topological polar surface area (TPSA) is 52.7 Å². The van der Waals surface area contributed by atoms with Crippen LogP contribution in [0.2, 0.25) is 0 Å². The molecule has 0 aromatic heterocycles. The SMILES string of the molecule is CC(C)CN1C(=O)CCC(C(=O)NCCCN(C)Cc2ccccc2)C1C. The van der Waals surface area contributed by atoms with Gasteiger partial charge in [-0.2, -0.15) is 0 Å². The van der Waals surface area contributed by atoms with Crippen molar-refractivity contribution in [2.24, 2.45) is 11.8 Å². The lowest BCUT2D eigenvalue weighted by Gasteiger charge is -2.39. The first-order valence-electron chi connectivity index (χ1n) is 10.2. The van der Waals surface area contributed by atoms with Gasteiger partial charge in [0.1, 0.15) is 0 Å². The molecule has 27 heavy (non-hydrogen) atoms. The van der Waals surface area contributed by atoms with Crippen molar-refractivity contribution in [2.75, 3.05) is 26.7 Å². The quantitative estimate of drug-likeness (QED) is 0.677. The molecule has 0 spiro atoms. The number of benzene rings is 1. The maximum absolute atomic E-state index is 12.6. The summed E-state index contributed by atoms with van der Waals surface area (Å²) in [6.07, 6.45) is 2.06. The Hall–Kier alpha value is -1.88. The molecule has 1 aromatic carbocycles. The third kappa shape index (κ3) is 6.65. The first-order chi connectivity index (χ1) is 12.9. The molecule has 0 bridgehead atoms. The largest absolute Gasteiger partial charge is 0.356 e. The highest BCUT2D eigenvalue weighted by molar-refractivity contribution is 5.84. The van der Waals surface area contributed by atoms with E-state index in [2.05, 4.69) is 55.4 Å². The van der Waals surface area contributed by atoms with Crippen molar-refractivity contribution in [1.29, 1.82) is 0 Å². The van der Waals surface area contributed by atoms with Crippen molar-refractivity contribution in [1.82, 2.24) is 15.1 Å². The minimum Gasteiger partial charge on any atom is -0.356 e. The van der Waals surface area contributed by atoms with E-state index in [1.54, 1.807) is 0 Å². The number of rotatable bonds is 9. The highest BCUT2D eigenvalue weighted by atomic mass is 16.2. The van der Waals surface area contributed by atoms with Gasteiger partial charge in [0.05, 0.1) is 5.92 Å². The molecule has 2 atom stereocenters. The molecule has 150 valence electrons. The molecule has 5 heteroatoms. The average Bonchev–Trinajstić information content (AvgIpc) is 2.63. The predicted octanol–water partition coefficient (Wildman–Crippen LogP) is 2.91. The lowest BCUT2D eigenvalue weighted by Crippen LogP contribution is -2.52. The smallest absolute Gasteiger partial charge is 0.225 e. The summed E-state index contributed by atoms with van der Waals surface area (Å²) in [5, 5.41) is 3.09. The fraction of sp³-hybridized carbons (Fsp3) is 0.636. The number of carbonyl (C=O) groups excluding carboxylic acids is 2. The van der Waals surface area contributed by atoms with Gasteiger partial charge in [-0.15, -0.1) is 0 Å². The van der Waals surface area contributed by atoms with Gasteiger partial charge in [-0.25, -0.2) is 0 Å². The van der Waals surface area contributed by atoms with Crippen molar-refractivity contribution < 1.29 is 9.59 Å². The molecule has 0 radical (unpaired) electrons. The Morgan fingerprint density at radius 1 is 1.30 bits per heavy atom. The first-order valence-corrected chi connectivity index (χ1v) is 10.2. The van der Waals surface area contributed by atoms with Crippen LogP contribution in [-0.2, 0) is 16.1 Å². The van der Waals surface area contributed by atoms with Crippen LogP contribution in [0.5, 0.6) is 0 Å². The first kappa shape index (κ1) is 21.4. The van der Waals surface area contributed by atoms with Crippen LogP contribution in [0.3, 0.4) is 0 Å². The third-order valence-corrected chi connectivity index (χ3v) is 5.27. The van der Waals surface area contributed by atoms with Crippen LogP contribution in [-0.4, -0.2) is 54.3 Å². The summed E-state index contributed by atoms with van der Waals surface area (Å²) >= 11 is 0. The molecule has 1 aliphatic rings. The second-order valence-electron chi connectivity index (χ2n) is 8.19. The molecule has 1 fully saturated rings. The average molecular weight is 374 g/mol. The zero-order valence-electron chi connectivity index (χ0n) is 17.3. The van der Waals surface area contributed by atoms with E-state index in [0.717, 1.165) is 26.1 Å². The molecular weight excluding hydrogens is 338 g/mol. The summed E-state index contributed by atoms with van der Waals surface area (Å²) in [5.74, 6) is 0.596. The van der Waals surface area contributed by atoms with Crippen molar-refractivity contribution in [3.8, 4) is 0 Å². The van der Waals surface area contributed by atoms with Crippen LogP contribution in [0.4, 0.5) is 0 Å². The van der Waals surface area contributed by atoms with Crippen LogP contribution in [0, 0.1) is 11.8 Å². The number of piperidine rings is 1. The van der Waals surface area contributed by atoms with Crippen LogP contribution in [0.15, 0.2) is 30.3 Å². The highest BCUT2D eigenvalue weighted by Crippen LogP contribution is 2.25. The zero-order valence-corrected chi connectivity index (χ0v) is 17.3. The van der Waals surface area contributed by atoms with Gasteiger partial charge in [0.25, 0.3) is 0 Å². The molecule has 2 unspecified atom stereocenters. The van der Waals surface area contributed by atoms with Gasteiger partial charge in [0.15, 0.2) is 0 Å². The minimum atomic E-state index is -0.0940. The highest BCUT2D eigenvalue weighted by Gasteiger charge is 2.36. The lowest BCUT2D eigenvalue weighted by atomic mass is 9.88. The lowest BCUT2D eigenvalue weighted by molar-refractivity contribution is -0.143. The molecule has 1 N–H and O–H groups in total. The fourth-order valence-electron chi connectivity index (χ4n) is 3.79. The number of nitrogens with one attached hydrogen (secondary N) is 1. The van der Waals surface area contributed by atoms with E-state index in [-0.39, 0.29) is 23.8 Å². The van der Waals surface area contributed by atoms with E-state index in [1.807, 2.05) is 17.9 Å². The van der Waals surface area contributed by atoms with Crippen molar-refractivity contribution in [3.63, 3.8) is 0 Å². The van der Waals surface area contributed by atoms with E-state index in [0.29, 0.717) is 25.3 Å². The second kappa shape index (κ2) is 10.5. The Morgan fingerprint density at radius 3 is 2.67 bits per heavy atom. The number of carbonyl (C=O) groups is 2. The summed E-state index contributed by atoms with van der Waals surface area (Å²) in [4.78, 5) is 29.0. The minimum absolute atomic E-state index is 0.0191. The second-order valence-corrected chi connectivity index (χ2v) is 8.19. The maximum Gasteiger partial charge on any atom is 0.225 e. The van der Waals surface area contributed by atoms with E-state index >= 15 is 0 Å². The Kier molecular flexibility index (Phi) is 8.29. The Morgan fingerprint density at radius 2 is 2.00 bits per heavy atom. The summed E-state index contributed by atoms with van der Waals surface area (Å²) in [7, 11) is 2.10. The zero-order chi connectivity index (χ0) is 19.8. The molecule has 5 nitrogen and oxygen atoms in total. The van der Waals surface area contributed by atoms with Gasteiger partial charge in [-0.3, -0.25) is 9.59 Å². The molecule has 1 aromatic rings. The maximum atomic E-state index is 12.6. The number of amides is 2. The van der Waals surface area contributed by atoms with Gasteiger partial charge < -0.3 is 15.1 Å². The van der Waals surface area contributed by atoms with E-state index < -0.39 is 0 Å². The molecule has 2 amide bonds. The predicted molar refractivity (Wildman–Crippen MR) is 109 cm³/mol. The number of nitrogens with zero attached hydrogens (tertiary/aromatic N) is 2. The molecule has 2 rings (SSSR count). The Labute approximate surface area is 164 Å². The summed E-state index contributed by atoms with van der Waals surface area (Å²) < 4.78 is 0. The molecule has 1 saturated heterocycles. The fourth-order valence-corrected chi connectivity index (χ4v) is 3.79. The van der Waals surface area contributed by atoms with Crippen molar-refractivity contribution in [2.45, 2.75) is 52.6 Å². The Balaban J connectivity index is 1.72. The number of hydrogen-bond donors (Lipinski definition) is 1. The van der Waals surface area contributed by atoms with Crippen molar-refractivity contribution >= 4 is 11.8 Å². The molecule has 0 saturated carbocycles. The third-order valence-electron chi connectivity index (χ3n) is 5.27. The molecule has 0 aliphatic carbocycles. The Bertz CT molecular complexity index is 603. The molecule has 1 aliphatic heterocycles. The molecular formula is C22H35N3O2. The van der Waals surface area contributed by atoms with Gasteiger partial charge >= 0.3 is 0 Å². The van der Waals surface area contributed by atoms with Crippen molar-refractivity contribution in [3.05, 3.63) is 35.9 Å². The van der Waals surface area contributed by atoms with E-state index in [9.17, 15) is 9.59 Å². The van der Waals surface area contributed by atoms with Gasteiger partial charge in [-0.05, 0) is 44.8 Å². The molecule has 1 heterocycles. The van der Waals surface area contributed by atoms with Gasteiger partial charge in [0.2, 0.25) is 11.8 Å². The van der Waals surface area contributed by atoms with Gasteiger partial charge in [0, 0.05) is 32.1 Å². The number of likely N-dealkylation sites (tertiary alicyclic amines) is 1. The standard InChI is InChI=1S/C22H35N3O2/c1-17(2)15-25-18(3)20(11-12-21(25)26)22(27)23-13-8-14-24(4)16-19-9-6-5-7-10-19/h5-7,9-10,17-18,20H,8,11-16H2,1-4H3,(H,23,27). The normalized spacial score (nSPS) is 20.4. The van der Waals surface area contributed by atoms with Crippen LogP contribution >= 0.6 is 0 Å². The van der Waals surface area contributed by atoms with E-state index in [1.165, 1.54) is 5.56 Å². The van der Waals surface area contributed by atoms with Crippen LogP contribution in [0.1, 0.15) is 45.6 Å². The number of hydrogen-bond acceptors (Lipinski definition) is 3. The summed E-state index contributed by atoms with van der Waals surface area (Å²) in [5.41, 5.74) is 1.30. The van der Waals surface area contributed by atoms with Crippen LogP contribution in [0.25, 0.3) is 0 Å². The summed E-state index contributed by atoms with van der Waals surface area (Å²) in [6.45, 7) is 9.49. The van der Waals surface area contributed by atoms with Crippen LogP contribution < -0.4 is 5.32 Å². The van der Waals surface area contributed by atoms with Gasteiger partial charge in [-0.1, -0.05) is 44.2 Å².